The molecule has 0 aliphatic carbocycles. The normalized spacial score (nSPS) is 15.0. The highest BCUT2D eigenvalue weighted by molar-refractivity contribution is 6.32. The van der Waals surface area contributed by atoms with Crippen LogP contribution in [0.2, 0.25) is 5.02 Å². The molecule has 4 N–H and O–H groups in total. The number of nitrogens with one attached hydrogen (secondary N) is 1. The topological polar surface area (TPSA) is 104 Å². The summed E-state index contributed by atoms with van der Waals surface area (Å²) in [5.41, 5.74) is 5.09. The molecule has 5 rings (SSSR count). The van der Waals surface area contributed by atoms with Crippen molar-refractivity contribution in [3.05, 3.63) is 111 Å². The predicted molar refractivity (Wildman–Crippen MR) is 194 cm³/mol. The molecule has 51 heavy (non-hydrogen) atoms. The van der Waals surface area contributed by atoms with E-state index >= 15 is 0 Å². The van der Waals surface area contributed by atoms with Crippen molar-refractivity contribution in [2.24, 2.45) is 0 Å². The summed E-state index contributed by atoms with van der Waals surface area (Å²) in [7, 11) is 0. The Balaban J connectivity index is 1.31. The number of benzene rings is 4. The van der Waals surface area contributed by atoms with Gasteiger partial charge in [-0.05, 0) is 91.3 Å². The number of aliphatic hydroxyl groups excluding tert-OH is 3. The fraction of sp³-hybridized carbons (Fsp3) is 0.400. The first-order chi connectivity index (χ1) is 24.5. The minimum atomic E-state index is -0.963. The predicted octanol–water partition coefficient (Wildman–Crippen LogP) is 6.73. The molecule has 274 valence electrons. The number of ether oxygens (including phenoxy) is 3. The third-order valence-corrected chi connectivity index (χ3v) is 9.66. The van der Waals surface area contributed by atoms with Gasteiger partial charge in [-0.1, -0.05) is 41.9 Å². The fourth-order valence-electron chi connectivity index (χ4n) is 6.12. The first kappa shape index (κ1) is 38.5. The molecular weight excluding hydrogens is 678 g/mol. The summed E-state index contributed by atoms with van der Waals surface area (Å²) >= 11 is 6.71. The molecule has 11 heteroatoms. The van der Waals surface area contributed by atoms with Gasteiger partial charge in [-0.25, -0.2) is 8.78 Å². The number of nitrogens with zero attached hydrogens (tertiary/aromatic N) is 1. The molecule has 1 saturated heterocycles. The number of aliphatic hydroxyl groups is 3. The van der Waals surface area contributed by atoms with Gasteiger partial charge in [0.05, 0.1) is 36.5 Å². The minimum Gasteiger partial charge on any atom is -0.493 e. The average Bonchev–Trinajstić information content (AvgIpc) is 3.53. The van der Waals surface area contributed by atoms with Crippen molar-refractivity contribution < 1.29 is 38.3 Å². The first-order valence-electron chi connectivity index (χ1n) is 17.2. The lowest BCUT2D eigenvalue weighted by Gasteiger charge is -2.27. The minimum absolute atomic E-state index is 0.119. The maximum Gasteiger partial charge on any atom is 0.142 e. The number of hydrogen-bond acceptors (Lipinski definition) is 8. The summed E-state index contributed by atoms with van der Waals surface area (Å²) in [6.45, 7) is 8.57. The summed E-state index contributed by atoms with van der Waals surface area (Å²) in [4.78, 5) is 2.27. The molecule has 1 aliphatic heterocycles. The van der Waals surface area contributed by atoms with Crippen LogP contribution in [0.25, 0.3) is 11.1 Å². The summed E-state index contributed by atoms with van der Waals surface area (Å²) in [5, 5.41) is 32.7. The zero-order valence-electron chi connectivity index (χ0n) is 29.4. The van der Waals surface area contributed by atoms with E-state index in [9.17, 15) is 24.1 Å². The quantitative estimate of drug-likeness (QED) is 0.0890. The zero-order valence-corrected chi connectivity index (χ0v) is 30.1. The van der Waals surface area contributed by atoms with E-state index in [1.807, 2.05) is 31.2 Å². The Kier molecular flexibility index (Phi) is 13.3. The standard InChI is InChI=1S/C40H47ClF2N2O6/c1-26-29(7-4-8-34(26)35-9-5-10-37(27(35)2)49-14-6-12-45-13-11-33(48)21-45)23-51-39-19-38(50-22-28-15-31(42)18-32(43)16-28)30(17-36(39)41)20-44-40(3,24-46)25-47/h4-5,7-10,15-19,33,44,46-48H,6,11-14,20-25H2,1-3H3. The van der Waals surface area contributed by atoms with Crippen molar-refractivity contribution in [1.29, 1.82) is 0 Å². The smallest absolute Gasteiger partial charge is 0.142 e. The van der Waals surface area contributed by atoms with Crippen LogP contribution in [0.4, 0.5) is 8.78 Å². The van der Waals surface area contributed by atoms with Crippen molar-refractivity contribution in [2.75, 3.05) is 39.5 Å². The summed E-state index contributed by atoms with van der Waals surface area (Å²) in [5.74, 6) is 0.135. The van der Waals surface area contributed by atoms with Gasteiger partial charge in [0, 0.05) is 43.9 Å². The Labute approximate surface area is 303 Å². The first-order valence-corrected chi connectivity index (χ1v) is 17.6. The van der Waals surface area contributed by atoms with Crippen molar-refractivity contribution >= 4 is 11.6 Å². The van der Waals surface area contributed by atoms with Gasteiger partial charge in [-0.15, -0.1) is 0 Å². The van der Waals surface area contributed by atoms with Gasteiger partial charge in [0.25, 0.3) is 0 Å². The average molecular weight is 725 g/mol. The van der Waals surface area contributed by atoms with Crippen LogP contribution in [0, 0.1) is 25.5 Å². The SMILES string of the molecule is Cc1c(COc2cc(OCc3cc(F)cc(F)c3)c(CNC(C)(CO)CO)cc2Cl)cccc1-c1cccc(OCCCN2CCC(O)C2)c1C. The van der Waals surface area contributed by atoms with E-state index in [4.69, 9.17) is 25.8 Å². The molecule has 0 saturated carbocycles. The lowest BCUT2D eigenvalue weighted by Crippen LogP contribution is -2.48. The summed E-state index contributed by atoms with van der Waals surface area (Å²) in [6, 6.07) is 18.6. The molecular formula is C40H47ClF2N2O6. The van der Waals surface area contributed by atoms with Crippen molar-refractivity contribution in [2.45, 2.75) is 65.0 Å². The van der Waals surface area contributed by atoms with Crippen molar-refractivity contribution in [1.82, 2.24) is 10.2 Å². The van der Waals surface area contributed by atoms with Crippen LogP contribution in [-0.4, -0.2) is 71.3 Å². The van der Waals surface area contributed by atoms with Crippen LogP contribution in [0.15, 0.2) is 66.7 Å². The molecule has 1 heterocycles. The molecule has 1 aliphatic rings. The number of likely N-dealkylation sites (tertiary alicyclic amines) is 1. The molecule has 0 amide bonds. The van der Waals surface area contributed by atoms with Gasteiger partial charge in [0.1, 0.15) is 42.1 Å². The fourth-order valence-corrected chi connectivity index (χ4v) is 6.36. The lowest BCUT2D eigenvalue weighted by molar-refractivity contribution is 0.103. The second-order valence-corrected chi connectivity index (χ2v) is 13.8. The summed E-state index contributed by atoms with van der Waals surface area (Å²) < 4.78 is 46.2. The number of rotatable bonds is 17. The molecule has 0 bridgehead atoms. The third kappa shape index (κ3) is 10.2. The van der Waals surface area contributed by atoms with E-state index in [0.717, 1.165) is 72.1 Å². The Bertz CT molecular complexity index is 1770. The molecule has 0 aromatic heterocycles. The van der Waals surface area contributed by atoms with Crippen molar-refractivity contribution in [3.8, 4) is 28.4 Å². The largest absolute Gasteiger partial charge is 0.493 e. The zero-order chi connectivity index (χ0) is 36.5. The van der Waals surface area contributed by atoms with Gasteiger partial charge >= 0.3 is 0 Å². The van der Waals surface area contributed by atoms with Crippen molar-refractivity contribution in [3.63, 3.8) is 0 Å². The molecule has 1 atom stereocenters. The molecule has 8 nitrogen and oxygen atoms in total. The molecule has 4 aromatic carbocycles. The van der Waals surface area contributed by atoms with E-state index < -0.39 is 17.2 Å². The Morgan fingerprint density at radius 2 is 1.53 bits per heavy atom. The lowest BCUT2D eigenvalue weighted by atomic mass is 9.93. The number of β-amino-alcohol motifs (C(OH)–C–C–N with tert-alkyl or cyclic N) is 1. The van der Waals surface area contributed by atoms with E-state index in [2.05, 4.69) is 29.3 Å². The van der Waals surface area contributed by atoms with Gasteiger partial charge in [0.15, 0.2) is 0 Å². The van der Waals surface area contributed by atoms with Gasteiger partial charge in [-0.2, -0.15) is 0 Å². The van der Waals surface area contributed by atoms with Crippen LogP contribution >= 0.6 is 11.6 Å². The highest BCUT2D eigenvalue weighted by atomic mass is 35.5. The molecule has 1 fully saturated rings. The van der Waals surface area contributed by atoms with E-state index in [0.29, 0.717) is 34.3 Å². The van der Waals surface area contributed by atoms with Crippen LogP contribution < -0.4 is 19.5 Å². The van der Waals surface area contributed by atoms with E-state index in [-0.39, 0.29) is 39.1 Å². The molecule has 1 unspecified atom stereocenters. The Morgan fingerprint density at radius 1 is 0.843 bits per heavy atom. The highest BCUT2D eigenvalue weighted by Crippen LogP contribution is 2.36. The van der Waals surface area contributed by atoms with Gasteiger partial charge in [-0.3, -0.25) is 0 Å². The molecule has 0 spiro atoms. The highest BCUT2D eigenvalue weighted by Gasteiger charge is 2.23. The Morgan fingerprint density at radius 3 is 2.22 bits per heavy atom. The Hall–Kier alpha value is -3.77. The van der Waals surface area contributed by atoms with E-state index in [1.165, 1.54) is 12.1 Å². The maximum atomic E-state index is 13.9. The van der Waals surface area contributed by atoms with Crippen LogP contribution in [0.5, 0.6) is 17.2 Å². The molecule has 0 radical (unpaired) electrons. The maximum absolute atomic E-state index is 13.9. The number of hydrogen-bond donors (Lipinski definition) is 4. The van der Waals surface area contributed by atoms with Crippen LogP contribution in [0.1, 0.15) is 47.6 Å². The summed E-state index contributed by atoms with van der Waals surface area (Å²) in [6.07, 6.45) is 1.49. The monoisotopic (exact) mass is 724 g/mol. The van der Waals surface area contributed by atoms with Crippen LogP contribution in [0.3, 0.4) is 0 Å². The second-order valence-electron chi connectivity index (χ2n) is 13.4. The van der Waals surface area contributed by atoms with Gasteiger partial charge < -0.3 is 39.7 Å². The van der Waals surface area contributed by atoms with E-state index in [1.54, 1.807) is 19.1 Å². The number of halogens is 3. The van der Waals surface area contributed by atoms with Crippen LogP contribution in [-0.2, 0) is 19.8 Å². The second kappa shape index (κ2) is 17.6. The third-order valence-electron chi connectivity index (χ3n) is 9.36. The molecule has 4 aromatic rings. The van der Waals surface area contributed by atoms with Gasteiger partial charge in [0.2, 0.25) is 0 Å².